The molecule has 0 saturated heterocycles. The van der Waals surface area contributed by atoms with Gasteiger partial charge in [0.25, 0.3) is 0 Å². The number of likely N-dealkylation sites (N-methyl/N-ethyl adjacent to an activating group) is 1. The van der Waals surface area contributed by atoms with E-state index in [1.165, 1.54) is 10.8 Å². The minimum absolute atomic E-state index is 0.0233. The highest BCUT2D eigenvalue weighted by atomic mass is 16.2. The normalized spacial score (nSPS) is 12.2. The molecule has 1 heterocycles. The molecule has 32 heavy (non-hydrogen) atoms. The predicted molar refractivity (Wildman–Crippen MR) is 129 cm³/mol. The number of rotatable bonds is 12. The lowest BCUT2D eigenvalue weighted by atomic mass is 10.0. The number of fused-ring (bicyclic) bond motifs is 1. The molecule has 1 amide bonds. The van der Waals surface area contributed by atoms with Gasteiger partial charge in [0.05, 0.1) is 24.5 Å². The number of hydrogen-bond acceptors (Lipinski definition) is 4. The smallest absolute Gasteiger partial charge is 0.234 e. The molecule has 6 heteroatoms. The zero-order chi connectivity index (χ0) is 22.9. The van der Waals surface area contributed by atoms with Gasteiger partial charge in [0.1, 0.15) is 11.6 Å². The molecule has 3 rings (SSSR count). The Kier molecular flexibility index (Phi) is 8.56. The second-order valence-corrected chi connectivity index (χ2v) is 8.59. The van der Waals surface area contributed by atoms with Crippen molar-refractivity contribution in [3.8, 4) is 11.3 Å². The Balaban J connectivity index is 1.70. The molecule has 0 aliphatic rings. The Morgan fingerprint density at radius 1 is 1.06 bits per heavy atom. The summed E-state index contributed by atoms with van der Waals surface area (Å²) in [6.07, 6.45) is 6.65. The molecule has 0 bridgehead atoms. The van der Waals surface area contributed by atoms with Crippen molar-refractivity contribution < 1.29 is 9.59 Å². The van der Waals surface area contributed by atoms with Crippen molar-refractivity contribution in [2.75, 3.05) is 20.6 Å². The van der Waals surface area contributed by atoms with E-state index in [0.29, 0.717) is 25.2 Å². The van der Waals surface area contributed by atoms with E-state index in [0.717, 1.165) is 42.8 Å². The Bertz CT molecular complexity index is 1040. The molecular weight excluding hydrogens is 400 g/mol. The number of hydrogen-bond donors (Lipinski definition) is 2. The van der Waals surface area contributed by atoms with Crippen LogP contribution in [0.15, 0.2) is 48.7 Å². The molecule has 0 radical (unpaired) electrons. The van der Waals surface area contributed by atoms with E-state index >= 15 is 0 Å². The van der Waals surface area contributed by atoms with Gasteiger partial charge in [0, 0.05) is 18.4 Å². The number of unbranched alkanes of at least 4 members (excludes halogenated alkanes) is 2. The van der Waals surface area contributed by atoms with Crippen molar-refractivity contribution in [3.05, 3.63) is 54.5 Å². The predicted octanol–water partition coefficient (Wildman–Crippen LogP) is 4.88. The number of imidazole rings is 1. The Morgan fingerprint density at radius 2 is 1.84 bits per heavy atom. The molecule has 170 valence electrons. The van der Waals surface area contributed by atoms with Gasteiger partial charge in [-0.25, -0.2) is 4.98 Å². The summed E-state index contributed by atoms with van der Waals surface area (Å²) in [6.45, 7) is 2.24. The van der Waals surface area contributed by atoms with Gasteiger partial charge in [0.2, 0.25) is 5.91 Å². The van der Waals surface area contributed by atoms with Crippen LogP contribution in [0, 0.1) is 0 Å². The van der Waals surface area contributed by atoms with Crippen LogP contribution in [-0.2, 0) is 9.59 Å². The third-order valence-corrected chi connectivity index (χ3v) is 5.62. The fraction of sp³-hybridized carbons (Fsp3) is 0.423. The minimum Gasteiger partial charge on any atom is -0.345 e. The third-order valence-electron chi connectivity index (χ3n) is 5.62. The van der Waals surface area contributed by atoms with E-state index in [1.807, 2.05) is 44.2 Å². The van der Waals surface area contributed by atoms with Crippen molar-refractivity contribution in [2.45, 2.75) is 51.5 Å². The molecule has 0 spiro atoms. The molecule has 2 N–H and O–H groups in total. The van der Waals surface area contributed by atoms with Crippen molar-refractivity contribution in [2.24, 2.45) is 0 Å². The first-order valence-electron chi connectivity index (χ1n) is 11.5. The van der Waals surface area contributed by atoms with Crippen LogP contribution in [0.3, 0.4) is 0 Å². The molecule has 1 atom stereocenters. The third kappa shape index (κ3) is 6.76. The number of benzene rings is 2. The first-order chi connectivity index (χ1) is 15.5. The van der Waals surface area contributed by atoms with Crippen molar-refractivity contribution in [3.63, 3.8) is 0 Å². The number of Topliss-reactive ketones (excluding diaryl/α,β-unsaturated/α-hetero) is 1. The van der Waals surface area contributed by atoms with Crippen molar-refractivity contribution >= 4 is 22.5 Å². The van der Waals surface area contributed by atoms with E-state index in [9.17, 15) is 9.59 Å². The number of carbonyl (C=O) groups excluding carboxylic acids is 2. The van der Waals surface area contributed by atoms with Crippen LogP contribution >= 0.6 is 0 Å². The van der Waals surface area contributed by atoms with Gasteiger partial charge in [-0.2, -0.15) is 0 Å². The lowest BCUT2D eigenvalue weighted by Gasteiger charge is -2.18. The number of nitrogens with one attached hydrogen (secondary N) is 2. The van der Waals surface area contributed by atoms with Gasteiger partial charge in [-0.05, 0) is 43.8 Å². The maximum Gasteiger partial charge on any atom is 0.234 e. The van der Waals surface area contributed by atoms with Crippen LogP contribution in [0.4, 0.5) is 0 Å². The summed E-state index contributed by atoms with van der Waals surface area (Å²) in [4.78, 5) is 33.8. The molecule has 0 saturated carbocycles. The van der Waals surface area contributed by atoms with E-state index in [4.69, 9.17) is 0 Å². The number of aromatic amines is 1. The van der Waals surface area contributed by atoms with Crippen LogP contribution in [0.1, 0.15) is 57.3 Å². The highest BCUT2D eigenvalue weighted by molar-refractivity contribution is 5.86. The number of aromatic nitrogens is 2. The number of carbonyl (C=O) groups is 2. The van der Waals surface area contributed by atoms with Gasteiger partial charge in [-0.15, -0.1) is 0 Å². The summed E-state index contributed by atoms with van der Waals surface area (Å²) in [5, 5.41) is 5.51. The van der Waals surface area contributed by atoms with Gasteiger partial charge >= 0.3 is 0 Å². The summed E-state index contributed by atoms with van der Waals surface area (Å²) in [5.41, 5.74) is 2.00. The molecule has 0 fully saturated rings. The monoisotopic (exact) mass is 434 g/mol. The molecular formula is C26H34N4O2. The van der Waals surface area contributed by atoms with E-state index in [-0.39, 0.29) is 11.9 Å². The first kappa shape index (κ1) is 23.7. The summed E-state index contributed by atoms with van der Waals surface area (Å²) in [6, 6.07) is 14.4. The Labute approximate surface area is 190 Å². The average Bonchev–Trinajstić information content (AvgIpc) is 3.27. The van der Waals surface area contributed by atoms with Gasteiger partial charge in [0.15, 0.2) is 0 Å². The highest BCUT2D eigenvalue weighted by Crippen LogP contribution is 2.25. The fourth-order valence-corrected chi connectivity index (χ4v) is 3.85. The van der Waals surface area contributed by atoms with Crippen molar-refractivity contribution in [1.29, 1.82) is 0 Å². The zero-order valence-corrected chi connectivity index (χ0v) is 19.4. The average molecular weight is 435 g/mol. The largest absolute Gasteiger partial charge is 0.345 e. The summed E-state index contributed by atoms with van der Waals surface area (Å²) < 4.78 is 0. The standard InChI is InChI=1S/C26H34N4O2/c1-4-22(31)12-6-5-7-13-23(28-25(32)18-30(2)3)26-27-17-24(29-26)21-15-14-19-10-8-9-11-20(19)16-21/h8-11,14-17,23H,4-7,12-13,18H2,1-3H3,(H,27,29)(H,28,32)/t23-/m0/s1. The topological polar surface area (TPSA) is 78.1 Å². The van der Waals surface area contributed by atoms with Crippen LogP contribution in [0.2, 0.25) is 0 Å². The maximum absolute atomic E-state index is 12.4. The number of H-pyrrole nitrogens is 1. The fourth-order valence-electron chi connectivity index (χ4n) is 3.85. The maximum atomic E-state index is 12.4. The minimum atomic E-state index is -0.182. The SMILES string of the molecule is CCC(=O)CCCCC[C@H](NC(=O)CN(C)C)c1ncc(-c2ccc3ccccc3c2)[nH]1. The lowest BCUT2D eigenvalue weighted by Crippen LogP contribution is -2.36. The van der Waals surface area contributed by atoms with Crippen LogP contribution < -0.4 is 5.32 Å². The number of amides is 1. The summed E-state index contributed by atoms with van der Waals surface area (Å²) in [7, 11) is 3.76. The van der Waals surface area contributed by atoms with Crippen LogP contribution in [0.5, 0.6) is 0 Å². The summed E-state index contributed by atoms with van der Waals surface area (Å²) >= 11 is 0. The lowest BCUT2D eigenvalue weighted by molar-refractivity contribution is -0.122. The molecule has 0 aliphatic carbocycles. The number of nitrogens with zero attached hydrogens (tertiary/aromatic N) is 2. The molecule has 0 aliphatic heterocycles. The zero-order valence-electron chi connectivity index (χ0n) is 19.4. The second kappa shape index (κ2) is 11.6. The molecule has 6 nitrogen and oxygen atoms in total. The molecule has 0 unspecified atom stereocenters. The first-order valence-corrected chi connectivity index (χ1v) is 11.5. The summed E-state index contributed by atoms with van der Waals surface area (Å²) in [5.74, 6) is 1.06. The highest BCUT2D eigenvalue weighted by Gasteiger charge is 2.18. The number of ketones is 1. The van der Waals surface area contributed by atoms with Gasteiger partial charge in [-0.1, -0.05) is 56.2 Å². The van der Waals surface area contributed by atoms with E-state index in [2.05, 4.69) is 45.6 Å². The van der Waals surface area contributed by atoms with Crippen LogP contribution in [0.25, 0.3) is 22.0 Å². The van der Waals surface area contributed by atoms with Gasteiger partial charge in [-0.3, -0.25) is 9.59 Å². The van der Waals surface area contributed by atoms with Crippen LogP contribution in [-0.4, -0.2) is 47.2 Å². The van der Waals surface area contributed by atoms with Gasteiger partial charge < -0.3 is 15.2 Å². The quantitative estimate of drug-likeness (QED) is 0.398. The Morgan fingerprint density at radius 3 is 2.59 bits per heavy atom. The molecule has 1 aromatic heterocycles. The second-order valence-electron chi connectivity index (χ2n) is 8.59. The van der Waals surface area contributed by atoms with E-state index < -0.39 is 0 Å². The Hall–Kier alpha value is -2.99. The van der Waals surface area contributed by atoms with Crippen molar-refractivity contribution in [1.82, 2.24) is 20.2 Å². The van der Waals surface area contributed by atoms with E-state index in [1.54, 1.807) is 0 Å². The molecule has 2 aromatic carbocycles. The molecule has 3 aromatic rings.